The molecular formula is C13H16O2. The molecule has 0 spiro atoms. The van der Waals surface area contributed by atoms with Crippen LogP contribution in [-0.2, 0) is 9.53 Å². The van der Waals surface area contributed by atoms with E-state index in [4.69, 9.17) is 4.74 Å². The molecule has 1 fully saturated rings. The maximum absolute atomic E-state index is 11.9. The highest BCUT2D eigenvalue weighted by Crippen LogP contribution is 2.42. The predicted octanol–water partition coefficient (Wildman–Crippen LogP) is 2.74. The molecule has 2 heteroatoms. The summed E-state index contributed by atoms with van der Waals surface area (Å²) < 4.78 is 5.44. The molecule has 0 radical (unpaired) electrons. The fraction of sp³-hybridized carbons (Fsp3) is 0.462. The number of rotatable bonds is 2. The van der Waals surface area contributed by atoms with Crippen LogP contribution in [0, 0.1) is 5.41 Å². The first-order valence-corrected chi connectivity index (χ1v) is 5.25. The zero-order valence-corrected chi connectivity index (χ0v) is 9.36. The van der Waals surface area contributed by atoms with E-state index in [-0.39, 0.29) is 23.4 Å². The highest BCUT2D eigenvalue weighted by Gasteiger charge is 2.49. The van der Waals surface area contributed by atoms with Gasteiger partial charge in [0, 0.05) is 5.41 Å². The van der Waals surface area contributed by atoms with Gasteiger partial charge in [0.25, 0.3) is 0 Å². The molecule has 1 saturated heterocycles. The van der Waals surface area contributed by atoms with Crippen molar-refractivity contribution in [2.75, 3.05) is 0 Å². The van der Waals surface area contributed by atoms with E-state index in [0.29, 0.717) is 0 Å². The first-order valence-electron chi connectivity index (χ1n) is 5.25. The molecular weight excluding hydrogens is 188 g/mol. The van der Waals surface area contributed by atoms with Crippen molar-refractivity contribution in [1.29, 1.82) is 0 Å². The van der Waals surface area contributed by atoms with Gasteiger partial charge >= 0.3 is 0 Å². The lowest BCUT2D eigenvalue weighted by atomic mass is 9.87. The van der Waals surface area contributed by atoms with Gasteiger partial charge in [0.1, 0.15) is 12.2 Å². The largest absolute Gasteiger partial charge is 0.356 e. The van der Waals surface area contributed by atoms with Gasteiger partial charge in [0.15, 0.2) is 5.78 Å². The maximum atomic E-state index is 11.9. The number of benzene rings is 1. The van der Waals surface area contributed by atoms with Crippen molar-refractivity contribution in [3.63, 3.8) is 0 Å². The summed E-state index contributed by atoms with van der Waals surface area (Å²) in [4.78, 5) is 11.9. The number of ketones is 1. The number of carbonyl (C=O) groups excluding carboxylic acids is 1. The lowest BCUT2D eigenvalue weighted by Crippen LogP contribution is -2.25. The molecule has 0 saturated carbocycles. The maximum Gasteiger partial charge on any atom is 0.169 e. The molecule has 80 valence electrons. The van der Waals surface area contributed by atoms with Gasteiger partial charge in [0.2, 0.25) is 0 Å². The Balaban J connectivity index is 2.06. The van der Waals surface area contributed by atoms with Gasteiger partial charge in [-0.3, -0.25) is 4.79 Å². The van der Waals surface area contributed by atoms with Gasteiger partial charge in [-0.1, -0.05) is 51.1 Å². The first kappa shape index (κ1) is 10.4. The summed E-state index contributed by atoms with van der Waals surface area (Å²) >= 11 is 0. The minimum atomic E-state index is -0.311. The predicted molar refractivity (Wildman–Crippen MR) is 58.5 cm³/mol. The fourth-order valence-corrected chi connectivity index (χ4v) is 1.63. The van der Waals surface area contributed by atoms with Crippen molar-refractivity contribution in [2.45, 2.75) is 33.0 Å². The molecule has 0 aromatic heterocycles. The van der Waals surface area contributed by atoms with Crippen LogP contribution in [0.1, 0.15) is 32.4 Å². The number of hydrogen-bond donors (Lipinski definition) is 0. The van der Waals surface area contributed by atoms with Crippen molar-refractivity contribution in [2.24, 2.45) is 5.41 Å². The fourth-order valence-electron chi connectivity index (χ4n) is 1.63. The van der Waals surface area contributed by atoms with Crippen molar-refractivity contribution < 1.29 is 9.53 Å². The number of hydrogen-bond acceptors (Lipinski definition) is 2. The Kier molecular flexibility index (Phi) is 2.39. The lowest BCUT2D eigenvalue weighted by Gasteiger charge is -2.14. The zero-order chi connectivity index (χ0) is 11.1. The van der Waals surface area contributed by atoms with E-state index in [1.807, 2.05) is 51.1 Å². The van der Waals surface area contributed by atoms with E-state index >= 15 is 0 Å². The van der Waals surface area contributed by atoms with Gasteiger partial charge in [-0.2, -0.15) is 0 Å². The molecule has 2 atom stereocenters. The van der Waals surface area contributed by atoms with E-state index < -0.39 is 0 Å². The topological polar surface area (TPSA) is 29.6 Å². The van der Waals surface area contributed by atoms with Crippen LogP contribution in [0.2, 0.25) is 0 Å². The Morgan fingerprint density at radius 3 is 2.33 bits per heavy atom. The second-order valence-corrected chi connectivity index (χ2v) is 5.00. The molecule has 0 amide bonds. The summed E-state index contributed by atoms with van der Waals surface area (Å²) in [5.74, 6) is 0.191. The Hall–Kier alpha value is -1.15. The molecule has 0 aliphatic carbocycles. The van der Waals surface area contributed by atoms with E-state index in [2.05, 4.69) is 0 Å². The average Bonchev–Trinajstić information content (AvgIpc) is 2.96. The van der Waals surface area contributed by atoms with Gasteiger partial charge in [-0.25, -0.2) is 0 Å². The molecule has 15 heavy (non-hydrogen) atoms. The van der Waals surface area contributed by atoms with Crippen LogP contribution < -0.4 is 0 Å². The molecule has 0 unspecified atom stereocenters. The van der Waals surface area contributed by atoms with Gasteiger partial charge in [0.05, 0.1) is 0 Å². The number of epoxide rings is 1. The van der Waals surface area contributed by atoms with Crippen molar-refractivity contribution >= 4 is 5.78 Å². The molecule has 1 heterocycles. The third kappa shape index (κ3) is 2.10. The van der Waals surface area contributed by atoms with Crippen molar-refractivity contribution in [3.05, 3.63) is 35.9 Å². The summed E-state index contributed by atoms with van der Waals surface area (Å²) in [6, 6.07) is 9.90. The van der Waals surface area contributed by atoms with Crippen LogP contribution in [0.25, 0.3) is 0 Å². The van der Waals surface area contributed by atoms with Crippen LogP contribution >= 0.6 is 0 Å². The third-order valence-electron chi connectivity index (χ3n) is 2.62. The van der Waals surface area contributed by atoms with Gasteiger partial charge in [-0.15, -0.1) is 0 Å². The van der Waals surface area contributed by atoms with E-state index in [0.717, 1.165) is 5.56 Å². The second kappa shape index (κ2) is 3.46. The van der Waals surface area contributed by atoms with E-state index in [1.54, 1.807) is 0 Å². The number of carbonyl (C=O) groups is 1. The minimum absolute atomic E-state index is 0.0158. The van der Waals surface area contributed by atoms with Crippen molar-refractivity contribution in [3.8, 4) is 0 Å². The Morgan fingerprint density at radius 2 is 1.80 bits per heavy atom. The molecule has 2 rings (SSSR count). The van der Waals surface area contributed by atoms with Gasteiger partial charge < -0.3 is 4.74 Å². The van der Waals surface area contributed by atoms with Crippen LogP contribution in [0.5, 0.6) is 0 Å². The molecule has 1 aromatic carbocycles. The lowest BCUT2D eigenvalue weighted by molar-refractivity contribution is -0.127. The Labute approximate surface area is 90.3 Å². The van der Waals surface area contributed by atoms with Crippen LogP contribution in [-0.4, -0.2) is 11.9 Å². The molecule has 0 bridgehead atoms. The second-order valence-electron chi connectivity index (χ2n) is 5.00. The van der Waals surface area contributed by atoms with Gasteiger partial charge in [-0.05, 0) is 5.56 Å². The average molecular weight is 204 g/mol. The first-order chi connectivity index (χ1) is 7.00. The molecule has 0 N–H and O–H groups in total. The normalized spacial score (nSPS) is 25.0. The van der Waals surface area contributed by atoms with E-state index in [1.165, 1.54) is 0 Å². The Morgan fingerprint density at radius 1 is 1.20 bits per heavy atom. The number of ether oxygens (including phenoxy) is 1. The van der Waals surface area contributed by atoms with E-state index in [9.17, 15) is 4.79 Å². The van der Waals surface area contributed by atoms with Crippen LogP contribution in [0.15, 0.2) is 30.3 Å². The summed E-state index contributed by atoms with van der Waals surface area (Å²) in [5, 5.41) is 0. The van der Waals surface area contributed by atoms with Crippen LogP contribution in [0.4, 0.5) is 0 Å². The SMILES string of the molecule is CC(C)(C)C(=O)[C@H]1O[C@H]1c1ccccc1. The Bertz CT molecular complexity index is 362. The zero-order valence-electron chi connectivity index (χ0n) is 9.36. The third-order valence-corrected chi connectivity index (χ3v) is 2.62. The monoisotopic (exact) mass is 204 g/mol. The molecule has 1 aromatic rings. The summed E-state index contributed by atoms with van der Waals surface area (Å²) in [5.41, 5.74) is 0.786. The van der Waals surface area contributed by atoms with Crippen molar-refractivity contribution in [1.82, 2.24) is 0 Å². The smallest absolute Gasteiger partial charge is 0.169 e. The highest BCUT2D eigenvalue weighted by molar-refractivity contribution is 5.90. The molecule has 2 nitrogen and oxygen atoms in total. The summed E-state index contributed by atoms with van der Waals surface area (Å²) in [6.07, 6.45) is -0.245. The summed E-state index contributed by atoms with van der Waals surface area (Å²) in [7, 11) is 0. The molecule has 1 aliphatic rings. The molecule has 1 aliphatic heterocycles. The summed E-state index contributed by atoms with van der Waals surface area (Å²) in [6.45, 7) is 5.79. The highest BCUT2D eigenvalue weighted by atomic mass is 16.6. The van der Waals surface area contributed by atoms with Crippen LogP contribution in [0.3, 0.4) is 0 Å². The number of Topliss-reactive ketones (excluding diaryl/α,β-unsaturated/α-hetero) is 1. The standard InChI is InChI=1S/C13H16O2/c1-13(2,3)12(14)11-10(15-11)9-7-5-4-6-8-9/h4-8,10-11H,1-3H3/t10-,11-/m0/s1. The minimum Gasteiger partial charge on any atom is -0.356 e. The quantitative estimate of drug-likeness (QED) is 0.693.